The van der Waals surface area contributed by atoms with Crippen molar-refractivity contribution in [2.45, 2.75) is 18.9 Å². The smallest absolute Gasteiger partial charge is 0.118 e. The van der Waals surface area contributed by atoms with Crippen LogP contribution in [0.25, 0.3) is 0 Å². The molecule has 0 saturated carbocycles. The predicted octanol–water partition coefficient (Wildman–Crippen LogP) is 4.90. The van der Waals surface area contributed by atoms with Crippen LogP contribution in [-0.2, 0) is 6.42 Å². The van der Waals surface area contributed by atoms with Crippen LogP contribution in [0.5, 0.6) is 5.75 Å². The Hall–Kier alpha value is -1.22. The lowest BCUT2D eigenvalue weighted by atomic mass is 9.99. The third-order valence-corrected chi connectivity index (χ3v) is 4.24. The molecule has 0 heterocycles. The summed E-state index contributed by atoms with van der Waals surface area (Å²) in [6.45, 7) is 0. The molecule has 0 fully saturated rings. The number of benzene rings is 2. The topological polar surface area (TPSA) is 21.3 Å². The SMILES string of the molecule is CNC(CCc1ccc(OC)cc1)c1c(Cl)cccc1Cl. The van der Waals surface area contributed by atoms with Crippen LogP contribution in [0.3, 0.4) is 0 Å². The number of ether oxygens (including phenoxy) is 1. The van der Waals surface area contributed by atoms with Gasteiger partial charge >= 0.3 is 0 Å². The summed E-state index contributed by atoms with van der Waals surface area (Å²) in [7, 11) is 3.60. The second kappa shape index (κ2) is 7.69. The lowest BCUT2D eigenvalue weighted by Gasteiger charge is -2.19. The van der Waals surface area contributed by atoms with Gasteiger partial charge in [0.2, 0.25) is 0 Å². The van der Waals surface area contributed by atoms with Gasteiger partial charge in [-0.2, -0.15) is 0 Å². The fraction of sp³-hybridized carbons (Fsp3) is 0.294. The molecule has 4 heteroatoms. The largest absolute Gasteiger partial charge is 0.497 e. The molecular weight excluding hydrogens is 305 g/mol. The van der Waals surface area contributed by atoms with E-state index in [1.54, 1.807) is 7.11 Å². The molecule has 1 atom stereocenters. The molecule has 1 unspecified atom stereocenters. The quantitative estimate of drug-likeness (QED) is 0.816. The van der Waals surface area contributed by atoms with Crippen molar-refractivity contribution in [1.29, 1.82) is 0 Å². The maximum absolute atomic E-state index is 6.28. The average Bonchev–Trinajstić information content (AvgIpc) is 2.50. The zero-order valence-electron chi connectivity index (χ0n) is 12.2. The monoisotopic (exact) mass is 323 g/mol. The van der Waals surface area contributed by atoms with Gasteiger partial charge in [-0.3, -0.25) is 0 Å². The van der Waals surface area contributed by atoms with Crippen molar-refractivity contribution in [2.24, 2.45) is 0 Å². The molecule has 0 saturated heterocycles. The van der Waals surface area contributed by atoms with Crippen LogP contribution in [0, 0.1) is 0 Å². The summed E-state index contributed by atoms with van der Waals surface area (Å²) in [6, 6.07) is 13.9. The molecule has 1 N–H and O–H groups in total. The van der Waals surface area contributed by atoms with Gasteiger partial charge in [-0.1, -0.05) is 41.4 Å². The highest BCUT2D eigenvalue weighted by atomic mass is 35.5. The molecule has 0 amide bonds. The van der Waals surface area contributed by atoms with Crippen molar-refractivity contribution in [3.05, 3.63) is 63.6 Å². The maximum atomic E-state index is 6.28. The van der Waals surface area contributed by atoms with Gasteiger partial charge in [-0.05, 0) is 49.7 Å². The molecule has 0 aliphatic rings. The van der Waals surface area contributed by atoms with Crippen molar-refractivity contribution in [3.8, 4) is 5.75 Å². The van der Waals surface area contributed by atoms with Crippen LogP contribution in [-0.4, -0.2) is 14.2 Å². The van der Waals surface area contributed by atoms with Crippen LogP contribution in [0.4, 0.5) is 0 Å². The molecule has 0 bridgehead atoms. The van der Waals surface area contributed by atoms with Gasteiger partial charge in [-0.15, -0.1) is 0 Å². The molecule has 2 aromatic rings. The van der Waals surface area contributed by atoms with Crippen LogP contribution >= 0.6 is 23.2 Å². The first-order chi connectivity index (χ1) is 10.2. The number of nitrogens with one attached hydrogen (secondary N) is 1. The zero-order valence-corrected chi connectivity index (χ0v) is 13.7. The van der Waals surface area contributed by atoms with E-state index in [0.717, 1.165) is 24.2 Å². The van der Waals surface area contributed by atoms with Gasteiger partial charge in [0.05, 0.1) is 7.11 Å². The number of aryl methyl sites for hydroxylation is 1. The summed E-state index contributed by atoms with van der Waals surface area (Å²) < 4.78 is 5.17. The van der Waals surface area contributed by atoms with E-state index in [1.807, 2.05) is 37.4 Å². The van der Waals surface area contributed by atoms with Gasteiger partial charge in [0.15, 0.2) is 0 Å². The molecule has 0 spiro atoms. The Morgan fingerprint density at radius 1 is 1.05 bits per heavy atom. The highest BCUT2D eigenvalue weighted by Gasteiger charge is 2.16. The molecule has 2 nitrogen and oxygen atoms in total. The van der Waals surface area contributed by atoms with Crippen molar-refractivity contribution in [1.82, 2.24) is 5.32 Å². The Morgan fingerprint density at radius 2 is 1.67 bits per heavy atom. The lowest BCUT2D eigenvalue weighted by Crippen LogP contribution is -2.18. The average molecular weight is 324 g/mol. The third-order valence-electron chi connectivity index (χ3n) is 3.58. The van der Waals surface area contributed by atoms with Gasteiger partial charge < -0.3 is 10.1 Å². The van der Waals surface area contributed by atoms with Crippen LogP contribution in [0.1, 0.15) is 23.6 Å². The van der Waals surface area contributed by atoms with Crippen molar-refractivity contribution >= 4 is 23.2 Å². The minimum atomic E-state index is 0.133. The summed E-state index contributed by atoms with van der Waals surface area (Å²) in [5, 5.41) is 4.71. The highest BCUT2D eigenvalue weighted by Crippen LogP contribution is 2.32. The summed E-state index contributed by atoms with van der Waals surface area (Å²) in [6.07, 6.45) is 1.86. The Bertz CT molecular complexity index is 564. The Balaban J connectivity index is 2.08. The van der Waals surface area contributed by atoms with Crippen molar-refractivity contribution in [2.75, 3.05) is 14.2 Å². The zero-order chi connectivity index (χ0) is 15.2. The first-order valence-electron chi connectivity index (χ1n) is 6.89. The minimum Gasteiger partial charge on any atom is -0.497 e. The first-order valence-corrected chi connectivity index (χ1v) is 7.65. The number of hydrogen-bond acceptors (Lipinski definition) is 2. The van der Waals surface area contributed by atoms with Crippen molar-refractivity contribution in [3.63, 3.8) is 0 Å². The van der Waals surface area contributed by atoms with E-state index < -0.39 is 0 Å². The van der Waals surface area contributed by atoms with Crippen LogP contribution in [0.2, 0.25) is 10.0 Å². The molecule has 0 aromatic heterocycles. The van der Waals surface area contributed by atoms with Gasteiger partial charge in [0.1, 0.15) is 5.75 Å². The Labute approximate surface area is 136 Å². The molecule has 0 aliphatic carbocycles. The summed E-state index contributed by atoms with van der Waals surface area (Å²) in [4.78, 5) is 0. The van der Waals surface area contributed by atoms with Crippen molar-refractivity contribution < 1.29 is 4.74 Å². The summed E-state index contributed by atoms with van der Waals surface area (Å²) in [5.74, 6) is 0.873. The number of hydrogen-bond donors (Lipinski definition) is 1. The third kappa shape index (κ3) is 4.13. The van der Waals surface area contributed by atoms with Crippen LogP contribution in [0.15, 0.2) is 42.5 Å². The van der Waals surface area contributed by atoms with E-state index in [2.05, 4.69) is 17.4 Å². The van der Waals surface area contributed by atoms with E-state index in [9.17, 15) is 0 Å². The van der Waals surface area contributed by atoms with E-state index in [4.69, 9.17) is 27.9 Å². The Morgan fingerprint density at radius 3 is 2.19 bits per heavy atom. The predicted molar refractivity (Wildman–Crippen MR) is 89.6 cm³/mol. The molecular formula is C17H19Cl2NO. The summed E-state index contributed by atoms with van der Waals surface area (Å²) in [5.41, 5.74) is 2.23. The standard InChI is InChI=1S/C17H19Cl2NO/c1-20-16(17-14(18)4-3-5-15(17)19)11-8-12-6-9-13(21-2)10-7-12/h3-7,9-10,16,20H,8,11H2,1-2H3. The second-order valence-electron chi connectivity index (χ2n) is 4.86. The first kappa shape index (κ1) is 16.2. The molecule has 2 rings (SSSR count). The Kier molecular flexibility index (Phi) is 5.92. The van der Waals surface area contributed by atoms with Gasteiger partial charge in [0.25, 0.3) is 0 Å². The van der Waals surface area contributed by atoms with Gasteiger partial charge in [0, 0.05) is 21.7 Å². The molecule has 2 aromatic carbocycles. The normalized spacial score (nSPS) is 12.2. The molecule has 112 valence electrons. The number of rotatable bonds is 6. The highest BCUT2D eigenvalue weighted by molar-refractivity contribution is 6.36. The minimum absolute atomic E-state index is 0.133. The fourth-order valence-electron chi connectivity index (χ4n) is 2.38. The van der Waals surface area contributed by atoms with Crippen LogP contribution < -0.4 is 10.1 Å². The maximum Gasteiger partial charge on any atom is 0.118 e. The lowest BCUT2D eigenvalue weighted by molar-refractivity contribution is 0.414. The molecule has 0 radical (unpaired) electrons. The fourth-order valence-corrected chi connectivity index (χ4v) is 3.04. The van der Waals surface area contributed by atoms with E-state index in [-0.39, 0.29) is 6.04 Å². The van der Waals surface area contributed by atoms with E-state index in [0.29, 0.717) is 10.0 Å². The van der Waals surface area contributed by atoms with Gasteiger partial charge in [-0.25, -0.2) is 0 Å². The van der Waals surface area contributed by atoms with E-state index >= 15 is 0 Å². The second-order valence-corrected chi connectivity index (χ2v) is 5.68. The molecule has 0 aliphatic heterocycles. The summed E-state index contributed by atoms with van der Waals surface area (Å²) >= 11 is 12.6. The number of halogens is 2. The molecule has 21 heavy (non-hydrogen) atoms. The number of methoxy groups -OCH3 is 1. The van der Waals surface area contributed by atoms with E-state index in [1.165, 1.54) is 5.56 Å².